The van der Waals surface area contributed by atoms with Gasteiger partial charge in [-0.05, 0) is 43.5 Å². The van der Waals surface area contributed by atoms with Gasteiger partial charge in [0.1, 0.15) is 9.21 Å². The number of aromatic nitrogens is 2. The topological polar surface area (TPSA) is 80.9 Å². The highest BCUT2D eigenvalue weighted by molar-refractivity contribution is 9.11. The molecule has 0 saturated carbocycles. The maximum Gasteiger partial charge on any atom is 0.230 e. The van der Waals surface area contributed by atoms with Crippen LogP contribution in [0.5, 0.6) is 0 Å². The lowest BCUT2D eigenvalue weighted by Crippen LogP contribution is -2.16. The van der Waals surface area contributed by atoms with Crippen LogP contribution in [-0.2, 0) is 11.2 Å². The van der Waals surface area contributed by atoms with Crippen LogP contribution >= 0.6 is 31.9 Å². The number of carbonyl (C=O) groups is 1. The number of anilines is 2. The van der Waals surface area contributed by atoms with Crippen molar-refractivity contribution in [3.8, 4) is 0 Å². The van der Waals surface area contributed by atoms with Gasteiger partial charge in [0.2, 0.25) is 5.91 Å². The van der Waals surface area contributed by atoms with Crippen molar-refractivity contribution in [3.05, 3.63) is 45.2 Å². The van der Waals surface area contributed by atoms with Gasteiger partial charge in [0.25, 0.3) is 0 Å². The minimum absolute atomic E-state index is 0.191. The van der Waals surface area contributed by atoms with Gasteiger partial charge in [-0.25, -0.2) is 9.97 Å². The van der Waals surface area contributed by atoms with Crippen molar-refractivity contribution in [1.82, 2.24) is 9.97 Å². The van der Waals surface area contributed by atoms with Crippen LogP contribution in [0.2, 0.25) is 0 Å². The quantitative estimate of drug-likeness (QED) is 0.796. The summed E-state index contributed by atoms with van der Waals surface area (Å²) in [6, 6.07) is 7.25. The highest BCUT2D eigenvalue weighted by atomic mass is 79.9. The number of carbonyl (C=O) groups excluding carboxylic acids is 1. The Balaban J connectivity index is 2.08. The van der Waals surface area contributed by atoms with E-state index in [4.69, 9.17) is 5.73 Å². The highest BCUT2D eigenvalue weighted by Crippen LogP contribution is 2.20. The molecule has 1 heterocycles. The molecule has 3 N–H and O–H groups in total. The summed E-state index contributed by atoms with van der Waals surface area (Å²) >= 11 is 6.43. The zero-order chi connectivity index (χ0) is 13.8. The predicted octanol–water partition coefficient (Wildman–Crippen LogP) is 2.77. The summed E-state index contributed by atoms with van der Waals surface area (Å²) in [4.78, 5) is 20.0. The number of halogens is 2. The Labute approximate surface area is 126 Å². The monoisotopic (exact) mass is 384 g/mol. The number of nitrogens with two attached hydrogens (primary N) is 1. The molecule has 0 bridgehead atoms. The fraction of sp³-hybridized carbons (Fsp3) is 0.0833. The molecule has 2 aromatic rings. The molecule has 7 heteroatoms. The van der Waals surface area contributed by atoms with Crippen LogP contribution in [0.4, 0.5) is 11.5 Å². The molecule has 5 nitrogen and oxygen atoms in total. The first kappa shape index (κ1) is 14.0. The van der Waals surface area contributed by atoms with Gasteiger partial charge < -0.3 is 11.1 Å². The number of benzene rings is 1. The average Bonchev–Trinajstić information content (AvgIpc) is 2.36. The maximum absolute atomic E-state index is 11.9. The standard InChI is InChI=1S/C12H10Br2N4O/c13-9-6-16-12(11(14)17-9)18-10(19)5-7-3-1-2-4-8(7)15/h1-4,6H,5,15H2,(H,16,18,19). The van der Waals surface area contributed by atoms with Crippen molar-refractivity contribution in [1.29, 1.82) is 0 Å². The van der Waals surface area contributed by atoms with Gasteiger partial charge in [0, 0.05) is 5.69 Å². The third-order valence-electron chi connectivity index (χ3n) is 2.36. The van der Waals surface area contributed by atoms with Crippen molar-refractivity contribution in [2.24, 2.45) is 0 Å². The third kappa shape index (κ3) is 3.74. The molecule has 0 unspecified atom stereocenters. The van der Waals surface area contributed by atoms with Crippen LogP contribution < -0.4 is 11.1 Å². The van der Waals surface area contributed by atoms with Gasteiger partial charge in [0.05, 0.1) is 12.6 Å². The van der Waals surface area contributed by atoms with Gasteiger partial charge in [-0.3, -0.25) is 4.79 Å². The Kier molecular flexibility index (Phi) is 4.49. The number of rotatable bonds is 3. The smallest absolute Gasteiger partial charge is 0.230 e. The molecule has 0 spiro atoms. The molecular weight excluding hydrogens is 376 g/mol. The summed E-state index contributed by atoms with van der Waals surface area (Å²) in [6.07, 6.45) is 1.70. The maximum atomic E-state index is 11.9. The van der Waals surface area contributed by atoms with Gasteiger partial charge in [-0.2, -0.15) is 0 Å². The van der Waals surface area contributed by atoms with Crippen molar-refractivity contribution in [3.63, 3.8) is 0 Å². The normalized spacial score (nSPS) is 10.2. The number of hydrogen-bond acceptors (Lipinski definition) is 4. The molecular formula is C12H10Br2N4O. The number of nitrogens with zero attached hydrogens (tertiary/aromatic N) is 2. The van der Waals surface area contributed by atoms with Crippen LogP contribution in [0.25, 0.3) is 0 Å². The number of nitrogen functional groups attached to an aromatic ring is 1. The average molecular weight is 386 g/mol. The number of para-hydroxylation sites is 1. The number of hydrogen-bond donors (Lipinski definition) is 2. The van der Waals surface area contributed by atoms with Crippen LogP contribution in [0.1, 0.15) is 5.56 Å². The summed E-state index contributed by atoms with van der Waals surface area (Å²) in [5, 5.41) is 2.68. The van der Waals surface area contributed by atoms with E-state index in [1.54, 1.807) is 6.07 Å². The fourth-order valence-electron chi connectivity index (χ4n) is 1.47. The Morgan fingerprint density at radius 2 is 2.05 bits per heavy atom. The molecule has 98 valence electrons. The van der Waals surface area contributed by atoms with Crippen LogP contribution in [0, 0.1) is 0 Å². The first-order valence-electron chi connectivity index (χ1n) is 5.37. The van der Waals surface area contributed by atoms with E-state index in [2.05, 4.69) is 47.1 Å². The van der Waals surface area contributed by atoms with E-state index in [0.29, 0.717) is 20.7 Å². The highest BCUT2D eigenvalue weighted by Gasteiger charge is 2.10. The first-order chi connectivity index (χ1) is 9.06. The third-order valence-corrected chi connectivity index (χ3v) is 3.30. The molecule has 19 heavy (non-hydrogen) atoms. The van der Waals surface area contributed by atoms with Crippen LogP contribution in [-0.4, -0.2) is 15.9 Å². The molecule has 0 aliphatic carbocycles. The van der Waals surface area contributed by atoms with E-state index >= 15 is 0 Å². The second-order valence-electron chi connectivity index (χ2n) is 3.76. The molecule has 0 aliphatic heterocycles. The van der Waals surface area contributed by atoms with Crippen molar-refractivity contribution >= 4 is 49.3 Å². The van der Waals surface area contributed by atoms with E-state index in [1.165, 1.54) is 6.20 Å². The van der Waals surface area contributed by atoms with E-state index < -0.39 is 0 Å². The van der Waals surface area contributed by atoms with Crippen molar-refractivity contribution < 1.29 is 4.79 Å². The number of nitrogens with one attached hydrogen (secondary N) is 1. The first-order valence-corrected chi connectivity index (χ1v) is 6.96. The van der Waals surface area contributed by atoms with E-state index in [9.17, 15) is 4.79 Å². The van der Waals surface area contributed by atoms with E-state index in [-0.39, 0.29) is 12.3 Å². The molecule has 1 amide bonds. The largest absolute Gasteiger partial charge is 0.398 e. The van der Waals surface area contributed by atoms with E-state index in [0.717, 1.165) is 5.56 Å². The Hall–Kier alpha value is -1.47. The summed E-state index contributed by atoms with van der Waals surface area (Å²) in [6.45, 7) is 0. The summed E-state index contributed by atoms with van der Waals surface area (Å²) < 4.78 is 1.06. The molecule has 0 saturated heterocycles. The molecule has 0 fully saturated rings. The van der Waals surface area contributed by atoms with Crippen molar-refractivity contribution in [2.75, 3.05) is 11.1 Å². The minimum atomic E-state index is -0.199. The second-order valence-corrected chi connectivity index (χ2v) is 5.32. The van der Waals surface area contributed by atoms with Gasteiger partial charge in [-0.1, -0.05) is 18.2 Å². The lowest BCUT2D eigenvalue weighted by molar-refractivity contribution is -0.115. The summed E-state index contributed by atoms with van der Waals surface area (Å²) in [7, 11) is 0. The Morgan fingerprint density at radius 1 is 1.32 bits per heavy atom. The SMILES string of the molecule is Nc1ccccc1CC(=O)Nc1ncc(Br)nc1Br. The van der Waals surface area contributed by atoms with Gasteiger partial charge >= 0.3 is 0 Å². The van der Waals surface area contributed by atoms with Crippen LogP contribution in [0.3, 0.4) is 0 Å². The zero-order valence-electron chi connectivity index (χ0n) is 9.73. The molecule has 0 aliphatic rings. The lowest BCUT2D eigenvalue weighted by Gasteiger charge is -2.07. The molecule has 0 atom stereocenters. The lowest BCUT2D eigenvalue weighted by atomic mass is 10.1. The Morgan fingerprint density at radius 3 is 2.74 bits per heavy atom. The molecule has 2 rings (SSSR count). The van der Waals surface area contributed by atoms with Gasteiger partial charge in [-0.15, -0.1) is 0 Å². The van der Waals surface area contributed by atoms with Crippen LogP contribution in [0.15, 0.2) is 39.7 Å². The molecule has 0 radical (unpaired) electrons. The summed E-state index contributed by atoms with van der Waals surface area (Å²) in [5.74, 6) is 0.179. The molecule has 1 aromatic heterocycles. The minimum Gasteiger partial charge on any atom is -0.398 e. The van der Waals surface area contributed by atoms with E-state index in [1.807, 2.05) is 18.2 Å². The summed E-state index contributed by atoms with van der Waals surface area (Å²) in [5.41, 5.74) is 7.16. The zero-order valence-corrected chi connectivity index (χ0v) is 12.9. The van der Waals surface area contributed by atoms with Gasteiger partial charge in [0.15, 0.2) is 5.82 Å². The Bertz CT molecular complexity index is 618. The molecule has 1 aromatic carbocycles. The number of amides is 1. The predicted molar refractivity (Wildman–Crippen MR) is 80.6 cm³/mol. The fourth-order valence-corrected chi connectivity index (χ4v) is 2.39. The van der Waals surface area contributed by atoms with Crippen molar-refractivity contribution in [2.45, 2.75) is 6.42 Å². The second kappa shape index (κ2) is 6.12.